The van der Waals surface area contributed by atoms with Crippen molar-refractivity contribution in [3.63, 3.8) is 0 Å². The van der Waals surface area contributed by atoms with E-state index < -0.39 is 0 Å². The molecule has 68 valence electrons. The van der Waals surface area contributed by atoms with Crippen molar-refractivity contribution in [1.82, 2.24) is 0 Å². The van der Waals surface area contributed by atoms with E-state index in [1.807, 2.05) is 38.1 Å². The second kappa shape index (κ2) is 3.36. The molecule has 0 fully saturated rings. The minimum absolute atomic E-state index is 0.664. The van der Waals surface area contributed by atoms with E-state index in [1.54, 1.807) is 0 Å². The van der Waals surface area contributed by atoms with Gasteiger partial charge in [-0.3, -0.25) is 0 Å². The van der Waals surface area contributed by atoms with E-state index >= 15 is 0 Å². The van der Waals surface area contributed by atoms with E-state index in [1.165, 1.54) is 0 Å². The van der Waals surface area contributed by atoms with Crippen LogP contribution in [0.3, 0.4) is 0 Å². The van der Waals surface area contributed by atoms with Crippen molar-refractivity contribution >= 4 is 11.4 Å². The number of nitrogens with zero attached hydrogens (tertiary/aromatic N) is 2. The molecule has 2 N–H and O–H groups in total. The number of nitriles is 1. The molecule has 13 heavy (non-hydrogen) atoms. The number of aryl methyl sites for hydroxylation is 1. The molecule has 3 nitrogen and oxygen atoms in total. The lowest BCUT2D eigenvalue weighted by atomic mass is 10.1. The lowest BCUT2D eigenvalue weighted by molar-refractivity contribution is 1.12. The number of rotatable bonds is 1. The zero-order valence-electron chi connectivity index (χ0n) is 8.13. The zero-order chi connectivity index (χ0) is 10.0. The molecule has 0 aliphatic heterocycles. The number of hydrogen-bond acceptors (Lipinski definition) is 3. The van der Waals surface area contributed by atoms with E-state index in [-0.39, 0.29) is 0 Å². The number of hydrogen-bond donors (Lipinski definition) is 1. The van der Waals surface area contributed by atoms with Crippen molar-refractivity contribution < 1.29 is 0 Å². The first-order valence-electron chi connectivity index (χ1n) is 4.04. The predicted molar refractivity (Wildman–Crippen MR) is 54.6 cm³/mol. The molecule has 0 aliphatic carbocycles. The molecule has 0 bridgehead atoms. The zero-order valence-corrected chi connectivity index (χ0v) is 8.13. The van der Waals surface area contributed by atoms with E-state index in [0.717, 1.165) is 16.9 Å². The largest absolute Gasteiger partial charge is 0.398 e. The maximum atomic E-state index is 8.87. The highest BCUT2D eigenvalue weighted by atomic mass is 15.1. The minimum Gasteiger partial charge on any atom is -0.398 e. The van der Waals surface area contributed by atoms with Crippen LogP contribution in [0.5, 0.6) is 0 Å². The Hall–Kier alpha value is -1.69. The summed E-state index contributed by atoms with van der Waals surface area (Å²) in [7, 11) is 3.79. The van der Waals surface area contributed by atoms with Gasteiger partial charge in [0, 0.05) is 19.8 Å². The highest BCUT2D eigenvalue weighted by Crippen LogP contribution is 2.24. The van der Waals surface area contributed by atoms with Crippen LogP contribution >= 0.6 is 0 Å². The summed E-state index contributed by atoms with van der Waals surface area (Å²) in [4.78, 5) is 1.88. The molecule has 3 heteroatoms. The van der Waals surface area contributed by atoms with E-state index in [2.05, 4.69) is 6.07 Å². The van der Waals surface area contributed by atoms with Gasteiger partial charge >= 0.3 is 0 Å². The molecule has 1 rings (SSSR count). The van der Waals surface area contributed by atoms with E-state index in [9.17, 15) is 0 Å². The number of benzene rings is 1. The fourth-order valence-electron chi connectivity index (χ4n) is 1.17. The van der Waals surface area contributed by atoms with Gasteiger partial charge in [-0.25, -0.2) is 0 Å². The maximum absolute atomic E-state index is 8.87. The van der Waals surface area contributed by atoms with Crippen molar-refractivity contribution in [1.29, 1.82) is 5.26 Å². The van der Waals surface area contributed by atoms with Crippen LogP contribution in [-0.4, -0.2) is 14.1 Å². The number of anilines is 2. The maximum Gasteiger partial charge on any atom is 0.101 e. The number of nitrogen functional groups attached to an aromatic ring is 1. The summed E-state index contributed by atoms with van der Waals surface area (Å²) in [6.45, 7) is 1.90. The summed E-state index contributed by atoms with van der Waals surface area (Å²) in [5, 5.41) is 8.87. The normalized spacial score (nSPS) is 9.38. The summed E-state index contributed by atoms with van der Waals surface area (Å²) in [6.07, 6.45) is 0. The van der Waals surface area contributed by atoms with Crippen molar-refractivity contribution in [2.45, 2.75) is 6.92 Å². The van der Waals surface area contributed by atoms with Crippen LogP contribution in [0.2, 0.25) is 0 Å². The first-order chi connectivity index (χ1) is 6.06. The van der Waals surface area contributed by atoms with E-state index in [0.29, 0.717) is 5.56 Å². The Bertz CT molecular complexity index is 361. The van der Waals surface area contributed by atoms with Gasteiger partial charge in [0.1, 0.15) is 6.07 Å². The lowest BCUT2D eigenvalue weighted by Crippen LogP contribution is -2.11. The van der Waals surface area contributed by atoms with Crippen LogP contribution in [0.1, 0.15) is 11.1 Å². The third-order valence-corrected chi connectivity index (χ3v) is 1.99. The van der Waals surface area contributed by atoms with Crippen molar-refractivity contribution in [3.05, 3.63) is 23.3 Å². The minimum atomic E-state index is 0.664. The second-order valence-electron chi connectivity index (χ2n) is 3.23. The van der Waals surface area contributed by atoms with Gasteiger partial charge in [-0.15, -0.1) is 0 Å². The molecule has 0 spiro atoms. The predicted octanol–water partition coefficient (Wildman–Crippen LogP) is 1.51. The Kier molecular flexibility index (Phi) is 2.43. The topological polar surface area (TPSA) is 53.0 Å². The molecule has 0 saturated heterocycles. The van der Waals surface area contributed by atoms with Gasteiger partial charge in [0.2, 0.25) is 0 Å². The van der Waals surface area contributed by atoms with Crippen molar-refractivity contribution in [2.75, 3.05) is 24.7 Å². The van der Waals surface area contributed by atoms with Gasteiger partial charge in [-0.2, -0.15) is 5.26 Å². The molecule has 0 amide bonds. The van der Waals surface area contributed by atoms with Gasteiger partial charge in [-0.1, -0.05) is 0 Å². The van der Waals surface area contributed by atoms with Crippen molar-refractivity contribution in [2.24, 2.45) is 0 Å². The van der Waals surface area contributed by atoms with Crippen molar-refractivity contribution in [3.8, 4) is 6.07 Å². The van der Waals surface area contributed by atoms with Gasteiger partial charge < -0.3 is 10.6 Å². The highest BCUT2D eigenvalue weighted by molar-refractivity contribution is 5.67. The number of nitrogens with two attached hydrogens (primary N) is 1. The molecule has 0 heterocycles. The summed E-state index contributed by atoms with van der Waals surface area (Å²) >= 11 is 0. The molecule has 0 saturated carbocycles. The molecule has 0 unspecified atom stereocenters. The average Bonchev–Trinajstić information content (AvgIpc) is 2.08. The molecule has 0 atom stereocenters. The molecular formula is C10H13N3. The third-order valence-electron chi connectivity index (χ3n) is 1.99. The van der Waals surface area contributed by atoms with Crippen LogP contribution in [0.15, 0.2) is 12.1 Å². The summed E-state index contributed by atoms with van der Waals surface area (Å²) < 4.78 is 0. The Labute approximate surface area is 78.4 Å². The Balaban J connectivity index is 3.35. The standard InChI is InChI=1S/C10H13N3/c1-7-4-8(6-11)10(13(2)3)5-9(7)12/h4-5H,12H2,1-3H3. The Morgan fingerprint density at radius 1 is 1.38 bits per heavy atom. The Morgan fingerprint density at radius 3 is 2.46 bits per heavy atom. The van der Waals surface area contributed by atoms with Gasteiger partial charge in [-0.05, 0) is 24.6 Å². The summed E-state index contributed by atoms with van der Waals surface area (Å²) in [6, 6.07) is 5.79. The molecule has 1 aromatic carbocycles. The molecule has 0 radical (unpaired) electrons. The van der Waals surface area contributed by atoms with Crippen LogP contribution < -0.4 is 10.6 Å². The highest BCUT2D eigenvalue weighted by Gasteiger charge is 2.06. The first kappa shape index (κ1) is 9.40. The van der Waals surface area contributed by atoms with Gasteiger partial charge in [0.15, 0.2) is 0 Å². The average molecular weight is 175 g/mol. The fourth-order valence-corrected chi connectivity index (χ4v) is 1.17. The lowest BCUT2D eigenvalue weighted by Gasteiger charge is -2.15. The quantitative estimate of drug-likeness (QED) is 0.658. The smallest absolute Gasteiger partial charge is 0.101 e. The summed E-state index contributed by atoms with van der Waals surface area (Å²) in [5.74, 6) is 0. The fraction of sp³-hybridized carbons (Fsp3) is 0.300. The molecular weight excluding hydrogens is 162 g/mol. The van der Waals surface area contributed by atoms with Gasteiger partial charge in [0.25, 0.3) is 0 Å². The molecule has 0 aromatic heterocycles. The van der Waals surface area contributed by atoms with E-state index in [4.69, 9.17) is 11.0 Å². The second-order valence-corrected chi connectivity index (χ2v) is 3.23. The van der Waals surface area contributed by atoms with Crippen LogP contribution in [0.25, 0.3) is 0 Å². The molecule has 0 aliphatic rings. The van der Waals surface area contributed by atoms with Gasteiger partial charge in [0.05, 0.1) is 11.3 Å². The van der Waals surface area contributed by atoms with Crippen LogP contribution in [0.4, 0.5) is 11.4 Å². The first-order valence-corrected chi connectivity index (χ1v) is 4.04. The SMILES string of the molecule is Cc1cc(C#N)c(N(C)C)cc1N. The Morgan fingerprint density at radius 2 is 2.00 bits per heavy atom. The van der Waals surface area contributed by atoms with Crippen LogP contribution in [-0.2, 0) is 0 Å². The van der Waals surface area contributed by atoms with Crippen LogP contribution in [0, 0.1) is 18.3 Å². The monoisotopic (exact) mass is 175 g/mol. The molecule has 1 aromatic rings. The third kappa shape index (κ3) is 1.73. The summed E-state index contributed by atoms with van der Waals surface area (Å²) in [5.41, 5.74) is 8.95.